The molecular weight excluding hydrogens is 322 g/mol. The van der Waals surface area contributed by atoms with E-state index in [9.17, 15) is 5.11 Å². The van der Waals surface area contributed by atoms with Gasteiger partial charge in [0, 0.05) is 17.2 Å². The molecule has 24 heavy (non-hydrogen) atoms. The predicted molar refractivity (Wildman–Crippen MR) is 96.1 cm³/mol. The summed E-state index contributed by atoms with van der Waals surface area (Å²) < 4.78 is 0. The Balaban J connectivity index is 1.65. The Hall–Kier alpha value is -2.04. The van der Waals surface area contributed by atoms with E-state index in [4.69, 9.17) is 16.7 Å². The van der Waals surface area contributed by atoms with E-state index in [1.807, 2.05) is 24.3 Å². The van der Waals surface area contributed by atoms with Gasteiger partial charge in [-0.15, -0.1) is 5.75 Å². The largest absolute Gasteiger partial charge is 0.872 e. The van der Waals surface area contributed by atoms with Gasteiger partial charge in [0.1, 0.15) is 18.8 Å². The van der Waals surface area contributed by atoms with Crippen molar-refractivity contribution in [3.05, 3.63) is 59.1 Å². The SMILES string of the molecule is CC/C(=N\N1CC[NH+](c2ccc(Cl)cc2)CC1)c1ccc([O-])cc1. The third-order valence-electron chi connectivity index (χ3n) is 4.38. The van der Waals surface area contributed by atoms with Gasteiger partial charge in [0.05, 0.1) is 18.8 Å². The van der Waals surface area contributed by atoms with Gasteiger partial charge in [-0.25, -0.2) is 0 Å². The van der Waals surface area contributed by atoms with Gasteiger partial charge < -0.3 is 5.11 Å². The fraction of sp³-hybridized carbons (Fsp3) is 0.316. The standard InChI is InChI=1S/C19H22ClN3O/c1-2-19(15-3-9-18(24)10-4-15)21-23-13-11-22(12-14-23)17-7-5-16(20)6-8-17/h3-10,24H,2,11-14H2,1H3/b21-19+. The molecule has 0 aromatic heterocycles. The minimum atomic E-state index is 0.0365. The van der Waals surface area contributed by atoms with Crippen molar-refractivity contribution in [2.24, 2.45) is 5.10 Å². The molecule has 1 heterocycles. The smallest absolute Gasteiger partial charge is 0.131 e. The number of quaternary nitrogens is 1. The van der Waals surface area contributed by atoms with Crippen molar-refractivity contribution in [2.45, 2.75) is 13.3 Å². The summed E-state index contributed by atoms with van der Waals surface area (Å²) in [6, 6.07) is 15.0. The Bertz CT molecular complexity index is 690. The molecule has 0 saturated carbocycles. The van der Waals surface area contributed by atoms with Crippen LogP contribution in [0, 0.1) is 0 Å². The van der Waals surface area contributed by atoms with Crippen molar-refractivity contribution in [1.82, 2.24) is 5.01 Å². The normalized spacial score (nSPS) is 16.4. The van der Waals surface area contributed by atoms with E-state index in [0.717, 1.165) is 48.9 Å². The zero-order valence-electron chi connectivity index (χ0n) is 13.8. The van der Waals surface area contributed by atoms with Crippen LogP contribution in [0.25, 0.3) is 0 Å². The van der Waals surface area contributed by atoms with Crippen molar-refractivity contribution in [3.8, 4) is 5.75 Å². The lowest BCUT2D eigenvalue weighted by Gasteiger charge is -2.30. The van der Waals surface area contributed by atoms with E-state index in [1.165, 1.54) is 10.6 Å². The van der Waals surface area contributed by atoms with Gasteiger partial charge in [-0.3, -0.25) is 9.91 Å². The molecule has 5 heteroatoms. The monoisotopic (exact) mass is 343 g/mol. The van der Waals surface area contributed by atoms with E-state index >= 15 is 0 Å². The summed E-state index contributed by atoms with van der Waals surface area (Å²) in [7, 11) is 0. The van der Waals surface area contributed by atoms with Crippen molar-refractivity contribution >= 4 is 23.0 Å². The zero-order valence-corrected chi connectivity index (χ0v) is 14.6. The lowest BCUT2D eigenvalue weighted by Crippen LogP contribution is -3.10. The lowest BCUT2D eigenvalue weighted by atomic mass is 10.1. The van der Waals surface area contributed by atoms with Crippen LogP contribution in [0.5, 0.6) is 5.75 Å². The van der Waals surface area contributed by atoms with E-state index in [1.54, 1.807) is 12.1 Å². The number of nitrogens with zero attached hydrogens (tertiary/aromatic N) is 2. The molecule has 0 aliphatic carbocycles. The summed E-state index contributed by atoms with van der Waals surface area (Å²) in [5.74, 6) is 0.0365. The van der Waals surface area contributed by atoms with Crippen LogP contribution in [0.3, 0.4) is 0 Å². The molecule has 2 aromatic carbocycles. The highest BCUT2D eigenvalue weighted by Crippen LogP contribution is 2.12. The fourth-order valence-corrected chi connectivity index (χ4v) is 3.12. The summed E-state index contributed by atoms with van der Waals surface area (Å²) >= 11 is 5.96. The number of hydrogen-bond acceptors (Lipinski definition) is 3. The first kappa shape index (κ1) is 16.8. The molecular formula is C19H22ClN3O. The first-order chi connectivity index (χ1) is 11.7. The maximum absolute atomic E-state index is 11.3. The summed E-state index contributed by atoms with van der Waals surface area (Å²) in [6.45, 7) is 5.96. The Morgan fingerprint density at radius 1 is 1.08 bits per heavy atom. The molecule has 1 aliphatic rings. The molecule has 0 spiro atoms. The molecule has 3 rings (SSSR count). The molecule has 0 radical (unpaired) electrons. The average Bonchev–Trinajstić information content (AvgIpc) is 2.62. The summed E-state index contributed by atoms with van der Waals surface area (Å²) in [5.41, 5.74) is 3.35. The lowest BCUT2D eigenvalue weighted by molar-refractivity contribution is -0.838. The molecule has 2 aromatic rings. The summed E-state index contributed by atoms with van der Waals surface area (Å²) in [5, 5.41) is 19.0. The Labute approximate surface area is 148 Å². The molecule has 4 nitrogen and oxygen atoms in total. The van der Waals surface area contributed by atoms with Gasteiger partial charge in [-0.1, -0.05) is 42.8 Å². The average molecular weight is 344 g/mol. The molecule has 0 unspecified atom stereocenters. The highest BCUT2D eigenvalue weighted by atomic mass is 35.5. The second-order valence-electron chi connectivity index (χ2n) is 5.99. The molecule has 0 atom stereocenters. The Kier molecular flexibility index (Phi) is 5.38. The second kappa shape index (κ2) is 7.69. The topological polar surface area (TPSA) is 43.1 Å². The van der Waals surface area contributed by atoms with Crippen molar-refractivity contribution in [3.63, 3.8) is 0 Å². The predicted octanol–water partition coefficient (Wildman–Crippen LogP) is 2.06. The highest BCUT2D eigenvalue weighted by Gasteiger charge is 2.21. The van der Waals surface area contributed by atoms with Crippen molar-refractivity contribution in [1.29, 1.82) is 0 Å². The first-order valence-electron chi connectivity index (χ1n) is 8.36. The summed E-state index contributed by atoms with van der Waals surface area (Å²) in [4.78, 5) is 1.46. The highest BCUT2D eigenvalue weighted by molar-refractivity contribution is 6.30. The molecule has 1 N–H and O–H groups in total. The van der Waals surface area contributed by atoms with Crippen LogP contribution >= 0.6 is 11.6 Å². The number of hydrazone groups is 1. The van der Waals surface area contributed by atoms with Gasteiger partial charge in [0.2, 0.25) is 0 Å². The molecule has 1 saturated heterocycles. The number of piperazine rings is 1. The third-order valence-corrected chi connectivity index (χ3v) is 4.63. The van der Waals surface area contributed by atoms with E-state index in [-0.39, 0.29) is 5.75 Å². The number of nitrogens with one attached hydrogen (secondary N) is 1. The molecule has 1 fully saturated rings. The quantitative estimate of drug-likeness (QED) is 0.864. The molecule has 1 aliphatic heterocycles. The Morgan fingerprint density at radius 2 is 1.71 bits per heavy atom. The Morgan fingerprint density at radius 3 is 2.29 bits per heavy atom. The van der Waals surface area contributed by atoms with E-state index < -0.39 is 0 Å². The maximum atomic E-state index is 11.3. The molecule has 126 valence electrons. The van der Waals surface area contributed by atoms with E-state index in [0.29, 0.717) is 0 Å². The van der Waals surface area contributed by atoms with Crippen molar-refractivity contribution < 1.29 is 10.0 Å². The maximum Gasteiger partial charge on any atom is 0.131 e. The van der Waals surface area contributed by atoms with Gasteiger partial charge >= 0.3 is 0 Å². The van der Waals surface area contributed by atoms with Crippen LogP contribution in [0.1, 0.15) is 18.9 Å². The summed E-state index contributed by atoms with van der Waals surface area (Å²) in [6.07, 6.45) is 0.850. The van der Waals surface area contributed by atoms with Gasteiger partial charge in [-0.2, -0.15) is 5.10 Å². The van der Waals surface area contributed by atoms with Crippen LogP contribution in [0.15, 0.2) is 53.6 Å². The molecule has 0 bridgehead atoms. The molecule has 0 amide bonds. The van der Waals surface area contributed by atoms with Crippen LogP contribution in [-0.2, 0) is 0 Å². The number of hydrogen-bond donors (Lipinski definition) is 1. The number of halogens is 1. The number of rotatable bonds is 4. The van der Waals surface area contributed by atoms with Gasteiger partial charge in [-0.05, 0) is 24.1 Å². The van der Waals surface area contributed by atoms with Crippen LogP contribution < -0.4 is 10.0 Å². The van der Waals surface area contributed by atoms with Crippen LogP contribution in [0.2, 0.25) is 5.02 Å². The minimum Gasteiger partial charge on any atom is -0.872 e. The van der Waals surface area contributed by atoms with Crippen LogP contribution in [-0.4, -0.2) is 36.9 Å². The number of benzene rings is 2. The minimum absolute atomic E-state index is 0.0365. The zero-order chi connectivity index (χ0) is 16.9. The van der Waals surface area contributed by atoms with Gasteiger partial charge in [0.25, 0.3) is 0 Å². The van der Waals surface area contributed by atoms with Crippen molar-refractivity contribution in [2.75, 3.05) is 26.2 Å². The van der Waals surface area contributed by atoms with Crippen LogP contribution in [0.4, 0.5) is 5.69 Å². The van der Waals surface area contributed by atoms with Gasteiger partial charge in [0.15, 0.2) is 0 Å². The first-order valence-corrected chi connectivity index (χ1v) is 8.74. The third kappa shape index (κ3) is 4.08. The van der Waals surface area contributed by atoms with E-state index in [2.05, 4.69) is 24.1 Å². The fourth-order valence-electron chi connectivity index (χ4n) is 2.99. The second-order valence-corrected chi connectivity index (χ2v) is 6.43.